The van der Waals surface area contributed by atoms with Crippen LogP contribution in [-0.2, 0) is 13.1 Å². The van der Waals surface area contributed by atoms with Gasteiger partial charge in [0.1, 0.15) is 5.56 Å². The van der Waals surface area contributed by atoms with Crippen molar-refractivity contribution in [2.75, 3.05) is 28.2 Å². The molecule has 0 spiro atoms. The van der Waals surface area contributed by atoms with Crippen molar-refractivity contribution in [1.29, 1.82) is 0 Å². The number of pyridine rings is 1. The molecule has 0 bridgehead atoms. The molecule has 7 nitrogen and oxygen atoms in total. The molecule has 1 aromatic heterocycles. The van der Waals surface area contributed by atoms with Gasteiger partial charge in [-0.05, 0) is 51.2 Å². The number of rotatable bonds is 7. The highest BCUT2D eigenvalue weighted by atomic mass is 16.2. The summed E-state index contributed by atoms with van der Waals surface area (Å²) in [5.74, 6) is -0.501. The van der Waals surface area contributed by atoms with Gasteiger partial charge >= 0.3 is 0 Å². The van der Waals surface area contributed by atoms with Gasteiger partial charge in [-0.3, -0.25) is 14.4 Å². The van der Waals surface area contributed by atoms with E-state index in [1.807, 2.05) is 45.4 Å². The first kappa shape index (κ1) is 22.5. The third-order valence-corrected chi connectivity index (χ3v) is 4.54. The van der Waals surface area contributed by atoms with Crippen molar-refractivity contribution in [3.63, 3.8) is 0 Å². The fraction of sp³-hybridized carbons (Fsp3) is 0.409. The number of benzene rings is 1. The lowest BCUT2D eigenvalue weighted by atomic mass is 10.1. The molecule has 1 saturated carbocycles. The van der Waals surface area contributed by atoms with Gasteiger partial charge < -0.3 is 20.1 Å². The molecule has 29 heavy (non-hydrogen) atoms. The summed E-state index contributed by atoms with van der Waals surface area (Å²) in [6.45, 7) is 1.09. The normalized spacial score (nSPS) is 12.9. The van der Waals surface area contributed by atoms with Crippen LogP contribution in [-0.4, -0.2) is 55.9 Å². The largest absolute Gasteiger partial charge is 0.355 e. The molecule has 7 heteroatoms. The zero-order valence-electron chi connectivity index (χ0n) is 17.6. The molecule has 1 fully saturated rings. The lowest BCUT2D eigenvalue weighted by molar-refractivity contribution is 0.0961. The molecule has 1 aromatic carbocycles. The highest BCUT2D eigenvalue weighted by Crippen LogP contribution is 2.17. The van der Waals surface area contributed by atoms with Crippen LogP contribution in [0.5, 0.6) is 0 Å². The summed E-state index contributed by atoms with van der Waals surface area (Å²) in [6.07, 6.45) is 4.90. The van der Waals surface area contributed by atoms with E-state index in [0.717, 1.165) is 23.7 Å². The second-order valence-corrected chi connectivity index (χ2v) is 7.44. The number of nitrogens with one attached hydrogen (secondary N) is 2. The quantitative estimate of drug-likeness (QED) is 0.691. The maximum absolute atomic E-state index is 12.5. The Balaban J connectivity index is 0.000000521. The number of hydrogen-bond acceptors (Lipinski definition) is 5. The van der Waals surface area contributed by atoms with Crippen LogP contribution in [0.1, 0.15) is 44.7 Å². The van der Waals surface area contributed by atoms with E-state index < -0.39 is 11.5 Å². The number of aromatic nitrogens is 1. The Morgan fingerprint density at radius 2 is 1.90 bits per heavy atom. The molecule has 1 aliphatic carbocycles. The van der Waals surface area contributed by atoms with E-state index in [-0.39, 0.29) is 11.1 Å². The zero-order valence-corrected chi connectivity index (χ0v) is 17.6. The summed E-state index contributed by atoms with van der Waals surface area (Å²) in [6, 6.07) is 10.1. The Hall–Kier alpha value is -2.77. The first-order valence-electron chi connectivity index (χ1n) is 9.69. The van der Waals surface area contributed by atoms with Crippen LogP contribution in [0.25, 0.3) is 0 Å². The molecule has 2 N–H and O–H groups in total. The summed E-state index contributed by atoms with van der Waals surface area (Å²) in [5, 5.41) is 5.56. The summed E-state index contributed by atoms with van der Waals surface area (Å²) < 4.78 is 1.39. The second-order valence-electron chi connectivity index (χ2n) is 7.44. The van der Waals surface area contributed by atoms with Gasteiger partial charge in [0.15, 0.2) is 6.29 Å². The summed E-state index contributed by atoms with van der Waals surface area (Å²) in [7, 11) is 7.43. The van der Waals surface area contributed by atoms with Gasteiger partial charge in [0, 0.05) is 31.4 Å². The lowest BCUT2D eigenvalue weighted by Gasteiger charge is -2.12. The molecular weight excluding hydrogens is 368 g/mol. The van der Waals surface area contributed by atoms with E-state index >= 15 is 0 Å². The molecule has 0 aliphatic heterocycles. The Morgan fingerprint density at radius 1 is 1.21 bits per heavy atom. The number of amides is 1. The smallest absolute Gasteiger partial charge is 0.263 e. The van der Waals surface area contributed by atoms with E-state index in [2.05, 4.69) is 15.5 Å². The number of nitrogens with zero attached hydrogens (tertiary/aromatic N) is 2. The zero-order chi connectivity index (χ0) is 21.4. The van der Waals surface area contributed by atoms with E-state index in [4.69, 9.17) is 0 Å². The van der Waals surface area contributed by atoms with Gasteiger partial charge in [0.2, 0.25) is 0 Å². The molecule has 0 radical (unpaired) electrons. The minimum Gasteiger partial charge on any atom is -0.355 e. The maximum Gasteiger partial charge on any atom is 0.263 e. The Morgan fingerprint density at radius 3 is 2.41 bits per heavy atom. The Bertz CT molecular complexity index is 901. The Kier molecular flexibility index (Phi) is 8.30. The fourth-order valence-corrected chi connectivity index (χ4v) is 2.90. The van der Waals surface area contributed by atoms with Crippen molar-refractivity contribution in [2.24, 2.45) is 0 Å². The second kappa shape index (κ2) is 10.7. The molecule has 0 unspecified atom stereocenters. The Labute approximate surface area is 171 Å². The first-order valence-corrected chi connectivity index (χ1v) is 9.69. The van der Waals surface area contributed by atoms with Crippen molar-refractivity contribution in [2.45, 2.75) is 32.0 Å². The number of carbonyl (C=O) groups is 2. The van der Waals surface area contributed by atoms with E-state index in [0.29, 0.717) is 12.8 Å². The molecule has 1 heterocycles. The summed E-state index contributed by atoms with van der Waals surface area (Å²) in [4.78, 5) is 37.5. The van der Waals surface area contributed by atoms with Crippen LogP contribution < -0.4 is 16.2 Å². The van der Waals surface area contributed by atoms with Gasteiger partial charge in [-0.25, -0.2) is 0 Å². The van der Waals surface area contributed by atoms with Crippen molar-refractivity contribution in [1.82, 2.24) is 20.1 Å². The van der Waals surface area contributed by atoms with E-state index in [1.165, 1.54) is 36.7 Å². The average Bonchev–Trinajstić information content (AvgIpc) is 3.54. The van der Waals surface area contributed by atoms with Gasteiger partial charge in [-0.2, -0.15) is 0 Å². The van der Waals surface area contributed by atoms with E-state index in [9.17, 15) is 14.4 Å². The molecule has 2 aromatic rings. The molecule has 0 saturated heterocycles. The molecule has 0 atom stereocenters. The predicted octanol–water partition coefficient (Wildman–Crippen LogP) is 1.50. The maximum atomic E-state index is 12.5. The predicted molar refractivity (Wildman–Crippen MR) is 114 cm³/mol. The van der Waals surface area contributed by atoms with Gasteiger partial charge in [-0.1, -0.05) is 24.3 Å². The third kappa shape index (κ3) is 6.96. The SMILES string of the molecule is CNC(=O)c1cc(C=O)cn(Cc2cccc(CN(C)C)c2)c1=O.CNC1CC1. The molecule has 1 amide bonds. The van der Waals surface area contributed by atoms with Crippen molar-refractivity contribution < 1.29 is 9.59 Å². The van der Waals surface area contributed by atoms with Crippen LogP contribution in [0.2, 0.25) is 0 Å². The number of hydrogen-bond donors (Lipinski definition) is 2. The van der Waals surface area contributed by atoms with Crippen molar-refractivity contribution in [3.05, 3.63) is 69.1 Å². The number of aldehydes is 1. The molecule has 156 valence electrons. The topological polar surface area (TPSA) is 83.4 Å². The first-order chi connectivity index (χ1) is 13.9. The van der Waals surface area contributed by atoms with Gasteiger partial charge in [-0.15, -0.1) is 0 Å². The summed E-state index contributed by atoms with van der Waals surface area (Å²) in [5.41, 5.74) is 1.90. The standard InChI is InChI=1S/C18H21N3O3.C4H9N/c1-19-17(23)16-8-15(12-22)11-21(18(16)24)10-14-6-4-5-13(7-14)9-20(2)3;1-5-4-2-3-4/h4-8,11-12H,9-10H2,1-3H3,(H,19,23);4-5H,2-3H2,1H3. The fourth-order valence-electron chi connectivity index (χ4n) is 2.90. The van der Waals surface area contributed by atoms with Gasteiger partial charge in [0.25, 0.3) is 11.5 Å². The van der Waals surface area contributed by atoms with Crippen LogP contribution in [0.3, 0.4) is 0 Å². The highest BCUT2D eigenvalue weighted by molar-refractivity contribution is 5.95. The molecule has 3 rings (SSSR count). The minimum atomic E-state index is -0.501. The van der Waals surface area contributed by atoms with Crippen molar-refractivity contribution >= 4 is 12.2 Å². The van der Waals surface area contributed by atoms with Crippen LogP contribution in [0, 0.1) is 0 Å². The number of carbonyl (C=O) groups excluding carboxylic acids is 2. The van der Waals surface area contributed by atoms with Crippen LogP contribution >= 0.6 is 0 Å². The van der Waals surface area contributed by atoms with Crippen LogP contribution in [0.15, 0.2) is 41.3 Å². The monoisotopic (exact) mass is 398 g/mol. The van der Waals surface area contributed by atoms with E-state index in [1.54, 1.807) is 0 Å². The summed E-state index contributed by atoms with van der Waals surface area (Å²) >= 11 is 0. The average molecular weight is 399 g/mol. The van der Waals surface area contributed by atoms with Crippen molar-refractivity contribution in [3.8, 4) is 0 Å². The van der Waals surface area contributed by atoms with Gasteiger partial charge in [0.05, 0.1) is 6.54 Å². The lowest BCUT2D eigenvalue weighted by Crippen LogP contribution is -2.32. The molecular formula is C22H30N4O3. The third-order valence-electron chi connectivity index (χ3n) is 4.54. The minimum absolute atomic E-state index is 0.0356. The highest BCUT2D eigenvalue weighted by Gasteiger charge is 2.17. The van der Waals surface area contributed by atoms with Crippen LogP contribution in [0.4, 0.5) is 0 Å². The molecule has 1 aliphatic rings.